The number of hydrogen-bond acceptors (Lipinski definition) is 1. The van der Waals surface area contributed by atoms with Crippen molar-refractivity contribution < 1.29 is 0 Å². The molecule has 0 spiro atoms. The quantitative estimate of drug-likeness (QED) is 0.695. The van der Waals surface area contributed by atoms with Crippen LogP contribution in [0.3, 0.4) is 0 Å². The second kappa shape index (κ2) is 8.71. The number of hydrogen-bond donors (Lipinski definition) is 1. The lowest BCUT2D eigenvalue weighted by Gasteiger charge is -2.18. The van der Waals surface area contributed by atoms with Crippen molar-refractivity contribution >= 4 is 15.9 Å². The SMILES string of the molecule is CCCCC(CCC)NCc1ccc(C)cc1Br. The second-order valence-corrected chi connectivity index (χ2v) is 5.96. The third-order valence-corrected chi connectivity index (χ3v) is 4.07. The van der Waals surface area contributed by atoms with Crippen molar-refractivity contribution in [2.45, 2.75) is 65.5 Å². The van der Waals surface area contributed by atoms with Crippen LogP contribution in [0.25, 0.3) is 0 Å². The molecule has 2 heteroatoms. The molecule has 0 aliphatic carbocycles. The van der Waals surface area contributed by atoms with Crippen LogP contribution < -0.4 is 5.32 Å². The molecule has 1 aromatic rings. The van der Waals surface area contributed by atoms with Gasteiger partial charge in [-0.15, -0.1) is 0 Å². The fourth-order valence-electron chi connectivity index (χ4n) is 2.20. The average molecular weight is 312 g/mol. The van der Waals surface area contributed by atoms with Gasteiger partial charge in [-0.3, -0.25) is 0 Å². The summed E-state index contributed by atoms with van der Waals surface area (Å²) in [7, 11) is 0. The molecular weight excluding hydrogens is 286 g/mol. The molecule has 0 aromatic heterocycles. The highest BCUT2D eigenvalue weighted by Gasteiger charge is 2.07. The van der Waals surface area contributed by atoms with Crippen LogP contribution in [0, 0.1) is 6.92 Å². The molecule has 0 amide bonds. The van der Waals surface area contributed by atoms with Crippen LogP contribution in [-0.2, 0) is 6.54 Å². The van der Waals surface area contributed by atoms with Crippen molar-refractivity contribution in [1.29, 1.82) is 0 Å². The number of rotatable bonds is 8. The molecule has 0 heterocycles. The smallest absolute Gasteiger partial charge is 0.0222 e. The minimum atomic E-state index is 0.670. The normalized spacial score (nSPS) is 12.7. The van der Waals surface area contributed by atoms with Gasteiger partial charge in [-0.25, -0.2) is 0 Å². The van der Waals surface area contributed by atoms with Crippen LogP contribution in [0.1, 0.15) is 57.1 Å². The number of unbranched alkanes of at least 4 members (excludes halogenated alkanes) is 1. The van der Waals surface area contributed by atoms with E-state index < -0.39 is 0 Å². The average Bonchev–Trinajstić information content (AvgIpc) is 2.34. The first-order valence-corrected chi connectivity index (χ1v) is 7.95. The minimum Gasteiger partial charge on any atom is -0.310 e. The first kappa shape index (κ1) is 15.7. The predicted molar refractivity (Wildman–Crippen MR) is 83.9 cm³/mol. The number of aryl methyl sites for hydroxylation is 1. The van der Waals surface area contributed by atoms with Crippen molar-refractivity contribution in [2.24, 2.45) is 0 Å². The van der Waals surface area contributed by atoms with E-state index in [1.165, 1.54) is 47.7 Å². The Labute approximate surface area is 120 Å². The highest BCUT2D eigenvalue weighted by molar-refractivity contribution is 9.10. The van der Waals surface area contributed by atoms with Crippen molar-refractivity contribution in [1.82, 2.24) is 5.32 Å². The predicted octanol–water partition coefficient (Wildman–Crippen LogP) is 5.21. The summed E-state index contributed by atoms with van der Waals surface area (Å²) >= 11 is 3.65. The summed E-state index contributed by atoms with van der Waals surface area (Å²) in [5.74, 6) is 0. The molecule has 0 bridgehead atoms. The Balaban J connectivity index is 2.49. The van der Waals surface area contributed by atoms with Crippen LogP contribution in [0.4, 0.5) is 0 Å². The van der Waals surface area contributed by atoms with Gasteiger partial charge >= 0.3 is 0 Å². The molecular formula is C16H26BrN. The number of halogens is 1. The lowest BCUT2D eigenvalue weighted by molar-refractivity contribution is 0.434. The largest absolute Gasteiger partial charge is 0.310 e. The van der Waals surface area contributed by atoms with E-state index in [1.54, 1.807) is 0 Å². The standard InChI is InChI=1S/C16H26BrN/c1-4-6-8-15(7-5-2)18-12-14-10-9-13(3)11-16(14)17/h9-11,15,18H,4-8,12H2,1-3H3. The molecule has 0 aliphatic heterocycles. The molecule has 1 aromatic carbocycles. The van der Waals surface area contributed by atoms with E-state index in [2.05, 4.69) is 60.2 Å². The fourth-order valence-corrected chi connectivity index (χ4v) is 2.83. The first-order valence-electron chi connectivity index (χ1n) is 7.15. The molecule has 102 valence electrons. The molecule has 0 aliphatic rings. The van der Waals surface area contributed by atoms with Gasteiger partial charge in [0.2, 0.25) is 0 Å². The zero-order valence-electron chi connectivity index (χ0n) is 11.9. The fraction of sp³-hybridized carbons (Fsp3) is 0.625. The van der Waals surface area contributed by atoms with Crippen molar-refractivity contribution in [2.75, 3.05) is 0 Å². The molecule has 0 fully saturated rings. The third kappa shape index (κ3) is 5.53. The van der Waals surface area contributed by atoms with Gasteiger partial charge in [0.1, 0.15) is 0 Å². The van der Waals surface area contributed by atoms with Gasteiger partial charge < -0.3 is 5.32 Å². The van der Waals surface area contributed by atoms with Gasteiger partial charge in [0.25, 0.3) is 0 Å². The van der Waals surface area contributed by atoms with Gasteiger partial charge in [-0.1, -0.05) is 61.2 Å². The molecule has 0 radical (unpaired) electrons. The number of nitrogens with one attached hydrogen (secondary N) is 1. The Hall–Kier alpha value is -0.340. The zero-order valence-corrected chi connectivity index (χ0v) is 13.5. The van der Waals surface area contributed by atoms with E-state index in [-0.39, 0.29) is 0 Å². The Morgan fingerprint density at radius 1 is 1.17 bits per heavy atom. The van der Waals surface area contributed by atoms with Crippen LogP contribution in [-0.4, -0.2) is 6.04 Å². The van der Waals surface area contributed by atoms with Crippen molar-refractivity contribution in [3.05, 3.63) is 33.8 Å². The van der Waals surface area contributed by atoms with Gasteiger partial charge in [0.15, 0.2) is 0 Å². The van der Waals surface area contributed by atoms with Crippen LogP contribution >= 0.6 is 15.9 Å². The molecule has 1 unspecified atom stereocenters. The molecule has 0 saturated carbocycles. The molecule has 1 nitrogen and oxygen atoms in total. The molecule has 1 N–H and O–H groups in total. The monoisotopic (exact) mass is 311 g/mol. The van der Waals surface area contributed by atoms with E-state index >= 15 is 0 Å². The minimum absolute atomic E-state index is 0.670. The van der Waals surface area contributed by atoms with Crippen LogP contribution in [0.5, 0.6) is 0 Å². The van der Waals surface area contributed by atoms with Crippen molar-refractivity contribution in [3.8, 4) is 0 Å². The van der Waals surface area contributed by atoms with Crippen molar-refractivity contribution in [3.63, 3.8) is 0 Å². The molecule has 18 heavy (non-hydrogen) atoms. The summed E-state index contributed by atoms with van der Waals surface area (Å²) in [4.78, 5) is 0. The maximum Gasteiger partial charge on any atom is 0.0222 e. The Morgan fingerprint density at radius 3 is 2.56 bits per heavy atom. The van der Waals surface area contributed by atoms with E-state index in [9.17, 15) is 0 Å². The van der Waals surface area contributed by atoms with Gasteiger partial charge in [0.05, 0.1) is 0 Å². The van der Waals surface area contributed by atoms with Gasteiger partial charge in [-0.2, -0.15) is 0 Å². The van der Waals surface area contributed by atoms with E-state index in [1.807, 2.05) is 0 Å². The maximum atomic E-state index is 3.70. The summed E-state index contributed by atoms with van der Waals surface area (Å²) in [5, 5.41) is 3.70. The molecule has 0 saturated heterocycles. The number of benzene rings is 1. The summed E-state index contributed by atoms with van der Waals surface area (Å²) in [6.45, 7) is 7.63. The molecule has 1 rings (SSSR count). The topological polar surface area (TPSA) is 12.0 Å². The van der Waals surface area contributed by atoms with E-state index in [0.717, 1.165) is 6.54 Å². The van der Waals surface area contributed by atoms with Gasteiger partial charge in [0, 0.05) is 17.1 Å². The molecule has 1 atom stereocenters. The second-order valence-electron chi connectivity index (χ2n) is 5.10. The highest BCUT2D eigenvalue weighted by Crippen LogP contribution is 2.19. The lowest BCUT2D eigenvalue weighted by Crippen LogP contribution is -2.28. The third-order valence-electron chi connectivity index (χ3n) is 3.33. The summed E-state index contributed by atoms with van der Waals surface area (Å²) in [6, 6.07) is 7.26. The summed E-state index contributed by atoms with van der Waals surface area (Å²) in [5.41, 5.74) is 2.67. The van der Waals surface area contributed by atoms with Gasteiger partial charge in [-0.05, 0) is 37.0 Å². The van der Waals surface area contributed by atoms with Crippen LogP contribution in [0.15, 0.2) is 22.7 Å². The summed E-state index contributed by atoms with van der Waals surface area (Å²) < 4.78 is 1.22. The van der Waals surface area contributed by atoms with E-state index in [0.29, 0.717) is 6.04 Å². The Bertz CT molecular complexity index is 349. The first-order chi connectivity index (χ1) is 8.67. The Kier molecular flexibility index (Phi) is 7.60. The summed E-state index contributed by atoms with van der Waals surface area (Å²) in [6.07, 6.45) is 6.45. The Morgan fingerprint density at radius 2 is 1.94 bits per heavy atom. The van der Waals surface area contributed by atoms with Crippen LogP contribution in [0.2, 0.25) is 0 Å². The lowest BCUT2D eigenvalue weighted by atomic mass is 10.0. The zero-order chi connectivity index (χ0) is 13.4. The van der Waals surface area contributed by atoms with E-state index in [4.69, 9.17) is 0 Å². The maximum absolute atomic E-state index is 3.70. The highest BCUT2D eigenvalue weighted by atomic mass is 79.9.